The summed E-state index contributed by atoms with van der Waals surface area (Å²) in [6.07, 6.45) is 3.51. The molecule has 1 heterocycles. The van der Waals surface area contributed by atoms with Gasteiger partial charge in [-0.25, -0.2) is 4.79 Å². The molecule has 0 amide bonds. The fourth-order valence-corrected chi connectivity index (χ4v) is 1.77. The lowest BCUT2D eigenvalue weighted by molar-refractivity contribution is 0.718. The number of hydrogen-bond donors (Lipinski definition) is 1. The number of nitrogens with two attached hydrogens (primary N) is 1. The number of aryl methyl sites for hydroxylation is 1. The van der Waals surface area contributed by atoms with Crippen LogP contribution < -0.4 is 11.4 Å². The minimum Gasteiger partial charge on any atom is -0.398 e. The maximum absolute atomic E-state index is 11.6. The first-order chi connectivity index (χ1) is 7.58. The highest BCUT2D eigenvalue weighted by molar-refractivity contribution is 9.10. The Morgan fingerprint density at radius 3 is 2.69 bits per heavy atom. The van der Waals surface area contributed by atoms with E-state index in [2.05, 4.69) is 15.9 Å². The summed E-state index contributed by atoms with van der Waals surface area (Å²) < 4.78 is 4.06. The first-order valence-corrected chi connectivity index (χ1v) is 5.63. The van der Waals surface area contributed by atoms with Crippen LogP contribution in [0.3, 0.4) is 0 Å². The Hall–Kier alpha value is -1.49. The molecule has 0 aliphatic rings. The Morgan fingerprint density at radius 1 is 1.38 bits per heavy atom. The van der Waals surface area contributed by atoms with Crippen molar-refractivity contribution >= 4 is 21.6 Å². The summed E-state index contributed by atoms with van der Waals surface area (Å²) in [6.45, 7) is 0.539. The van der Waals surface area contributed by atoms with E-state index >= 15 is 0 Å². The van der Waals surface area contributed by atoms with Crippen LogP contribution in [-0.2, 0) is 13.6 Å². The molecule has 0 aliphatic carbocycles. The summed E-state index contributed by atoms with van der Waals surface area (Å²) in [7, 11) is 1.73. The Bertz CT molecular complexity index is 571. The molecule has 84 valence electrons. The van der Waals surface area contributed by atoms with Gasteiger partial charge in [-0.2, -0.15) is 0 Å². The van der Waals surface area contributed by atoms with Crippen LogP contribution in [0.1, 0.15) is 5.56 Å². The second kappa shape index (κ2) is 4.17. The highest BCUT2D eigenvalue weighted by atomic mass is 79.9. The summed E-state index contributed by atoms with van der Waals surface area (Å²) >= 11 is 3.34. The van der Waals surface area contributed by atoms with Crippen LogP contribution in [0, 0.1) is 0 Å². The molecule has 0 atom stereocenters. The lowest BCUT2D eigenvalue weighted by Crippen LogP contribution is -2.22. The van der Waals surface area contributed by atoms with E-state index in [1.165, 1.54) is 0 Å². The van der Waals surface area contributed by atoms with Crippen LogP contribution in [0.4, 0.5) is 5.69 Å². The number of anilines is 1. The largest absolute Gasteiger partial charge is 0.398 e. The fourth-order valence-electron chi connectivity index (χ4n) is 1.52. The van der Waals surface area contributed by atoms with E-state index in [9.17, 15) is 4.79 Å². The molecule has 0 radical (unpaired) electrons. The Morgan fingerprint density at radius 2 is 2.12 bits per heavy atom. The molecule has 16 heavy (non-hydrogen) atoms. The van der Waals surface area contributed by atoms with Crippen LogP contribution in [0.25, 0.3) is 0 Å². The number of benzene rings is 1. The summed E-state index contributed by atoms with van der Waals surface area (Å²) in [4.78, 5) is 11.6. The lowest BCUT2D eigenvalue weighted by atomic mass is 10.2. The average Bonchev–Trinajstić information content (AvgIpc) is 2.55. The predicted molar refractivity (Wildman–Crippen MR) is 67.3 cm³/mol. The van der Waals surface area contributed by atoms with E-state index in [-0.39, 0.29) is 5.69 Å². The zero-order valence-corrected chi connectivity index (χ0v) is 10.4. The molecule has 0 saturated heterocycles. The van der Waals surface area contributed by atoms with Gasteiger partial charge in [0, 0.05) is 29.6 Å². The van der Waals surface area contributed by atoms with Gasteiger partial charge in [0.25, 0.3) is 0 Å². The predicted octanol–water partition coefficient (Wildman–Crippen LogP) is 1.58. The zero-order valence-electron chi connectivity index (χ0n) is 8.85. The van der Waals surface area contributed by atoms with Crippen LogP contribution in [-0.4, -0.2) is 9.13 Å². The van der Waals surface area contributed by atoms with Gasteiger partial charge >= 0.3 is 5.69 Å². The Balaban J connectivity index is 2.31. The monoisotopic (exact) mass is 281 g/mol. The average molecular weight is 282 g/mol. The van der Waals surface area contributed by atoms with Crippen molar-refractivity contribution in [3.05, 3.63) is 51.1 Å². The van der Waals surface area contributed by atoms with Gasteiger partial charge in [-0.3, -0.25) is 4.57 Å². The maximum atomic E-state index is 11.6. The third kappa shape index (κ3) is 2.04. The molecule has 2 rings (SSSR count). The molecule has 4 nitrogen and oxygen atoms in total. The molecule has 0 fully saturated rings. The normalized spacial score (nSPS) is 10.6. The molecule has 0 saturated carbocycles. The van der Waals surface area contributed by atoms with Gasteiger partial charge in [-0.05, 0) is 33.6 Å². The second-order valence-corrected chi connectivity index (χ2v) is 4.53. The van der Waals surface area contributed by atoms with E-state index in [0.717, 1.165) is 10.0 Å². The summed E-state index contributed by atoms with van der Waals surface area (Å²) in [5.74, 6) is 0. The minimum absolute atomic E-state index is 0.0264. The lowest BCUT2D eigenvalue weighted by Gasteiger charge is -2.04. The number of rotatable bonds is 2. The van der Waals surface area contributed by atoms with Crippen LogP contribution in [0.2, 0.25) is 0 Å². The number of aromatic nitrogens is 2. The maximum Gasteiger partial charge on any atom is 0.328 e. The number of imidazole rings is 1. The molecule has 0 unspecified atom stereocenters. The van der Waals surface area contributed by atoms with Gasteiger partial charge < -0.3 is 10.3 Å². The zero-order chi connectivity index (χ0) is 11.7. The summed E-state index contributed by atoms with van der Waals surface area (Å²) in [5, 5.41) is 0. The van der Waals surface area contributed by atoms with E-state index < -0.39 is 0 Å². The molecule has 2 aromatic rings. The molecule has 1 aromatic heterocycles. The van der Waals surface area contributed by atoms with Crippen molar-refractivity contribution in [1.82, 2.24) is 9.13 Å². The minimum atomic E-state index is -0.0264. The summed E-state index contributed by atoms with van der Waals surface area (Å²) in [6, 6.07) is 5.70. The Labute approximate surface area is 101 Å². The quantitative estimate of drug-likeness (QED) is 0.850. The molecule has 0 bridgehead atoms. The van der Waals surface area contributed by atoms with Crippen molar-refractivity contribution in [3.8, 4) is 0 Å². The van der Waals surface area contributed by atoms with E-state index in [0.29, 0.717) is 12.2 Å². The van der Waals surface area contributed by atoms with E-state index in [1.807, 2.05) is 18.2 Å². The number of nitrogen functional groups attached to an aromatic ring is 1. The molecule has 1 aromatic carbocycles. The molecular weight excluding hydrogens is 270 g/mol. The molecule has 0 spiro atoms. The van der Waals surface area contributed by atoms with Gasteiger partial charge in [-0.1, -0.05) is 6.07 Å². The first kappa shape index (κ1) is 11.0. The number of nitrogens with zero attached hydrogens (tertiary/aromatic N) is 2. The first-order valence-electron chi connectivity index (χ1n) is 4.83. The SMILES string of the molecule is Cn1ccn(Cc2ccc(Br)c(N)c2)c1=O. The highest BCUT2D eigenvalue weighted by Gasteiger charge is 2.02. The van der Waals surface area contributed by atoms with Crippen molar-refractivity contribution in [2.75, 3.05) is 5.73 Å². The van der Waals surface area contributed by atoms with Crippen molar-refractivity contribution in [2.45, 2.75) is 6.54 Å². The molecule has 2 N–H and O–H groups in total. The van der Waals surface area contributed by atoms with E-state index in [4.69, 9.17) is 5.73 Å². The smallest absolute Gasteiger partial charge is 0.328 e. The molecular formula is C11H12BrN3O. The third-order valence-corrected chi connectivity index (χ3v) is 3.15. The van der Waals surface area contributed by atoms with Crippen LogP contribution in [0.15, 0.2) is 39.9 Å². The van der Waals surface area contributed by atoms with Crippen LogP contribution in [0.5, 0.6) is 0 Å². The number of hydrogen-bond acceptors (Lipinski definition) is 2. The standard InChI is InChI=1S/C11H12BrN3O/c1-14-4-5-15(11(14)16)7-8-2-3-9(12)10(13)6-8/h2-6H,7,13H2,1H3. The van der Waals surface area contributed by atoms with E-state index in [1.54, 1.807) is 28.6 Å². The van der Waals surface area contributed by atoms with Crippen molar-refractivity contribution in [2.24, 2.45) is 7.05 Å². The second-order valence-electron chi connectivity index (χ2n) is 3.68. The van der Waals surface area contributed by atoms with Crippen molar-refractivity contribution in [1.29, 1.82) is 0 Å². The molecule has 5 heteroatoms. The topological polar surface area (TPSA) is 52.9 Å². The van der Waals surface area contributed by atoms with Gasteiger partial charge in [0.05, 0.1) is 6.54 Å². The highest BCUT2D eigenvalue weighted by Crippen LogP contribution is 2.20. The fraction of sp³-hybridized carbons (Fsp3) is 0.182. The third-order valence-electron chi connectivity index (χ3n) is 2.43. The summed E-state index contributed by atoms with van der Waals surface area (Å²) in [5.41, 5.74) is 7.44. The van der Waals surface area contributed by atoms with Crippen molar-refractivity contribution < 1.29 is 0 Å². The van der Waals surface area contributed by atoms with Gasteiger partial charge in [0.1, 0.15) is 0 Å². The number of halogens is 1. The van der Waals surface area contributed by atoms with Gasteiger partial charge in [-0.15, -0.1) is 0 Å². The van der Waals surface area contributed by atoms with Gasteiger partial charge in [0.15, 0.2) is 0 Å². The Kier molecular flexibility index (Phi) is 2.87. The molecule has 0 aliphatic heterocycles. The van der Waals surface area contributed by atoms with Gasteiger partial charge in [0.2, 0.25) is 0 Å². The van der Waals surface area contributed by atoms with Crippen LogP contribution >= 0.6 is 15.9 Å². The van der Waals surface area contributed by atoms with Crippen molar-refractivity contribution in [3.63, 3.8) is 0 Å².